The van der Waals surface area contributed by atoms with Crippen LogP contribution >= 0.6 is 0 Å². The molecule has 18 heavy (non-hydrogen) atoms. The van der Waals surface area contributed by atoms with Gasteiger partial charge in [-0.25, -0.2) is 0 Å². The predicted molar refractivity (Wildman–Crippen MR) is 71.7 cm³/mol. The van der Waals surface area contributed by atoms with Gasteiger partial charge in [0.05, 0.1) is 12.7 Å². The fourth-order valence-corrected chi connectivity index (χ4v) is 2.24. The lowest BCUT2D eigenvalue weighted by Crippen LogP contribution is -2.40. The second-order valence-corrected chi connectivity index (χ2v) is 5.31. The summed E-state index contributed by atoms with van der Waals surface area (Å²) in [4.78, 5) is 12.1. The van der Waals surface area contributed by atoms with Gasteiger partial charge in [0, 0.05) is 18.3 Å². The third-order valence-corrected chi connectivity index (χ3v) is 3.71. The number of rotatable bonds is 4. The van der Waals surface area contributed by atoms with Crippen LogP contribution in [-0.4, -0.2) is 19.6 Å². The van der Waals surface area contributed by atoms with Crippen LogP contribution in [0.1, 0.15) is 36.5 Å². The Bertz CT molecular complexity index is 453. The van der Waals surface area contributed by atoms with Gasteiger partial charge >= 0.3 is 0 Å². The minimum atomic E-state index is -0.0972. The van der Waals surface area contributed by atoms with Crippen LogP contribution in [0.4, 0.5) is 5.69 Å². The van der Waals surface area contributed by atoms with E-state index in [9.17, 15) is 4.79 Å². The minimum Gasteiger partial charge on any atom is -0.496 e. The number of benzene rings is 1. The number of carbonyl (C=O) groups is 1. The van der Waals surface area contributed by atoms with E-state index in [0.29, 0.717) is 17.0 Å². The molecule has 1 amide bonds. The van der Waals surface area contributed by atoms with E-state index in [2.05, 4.69) is 12.2 Å². The Morgan fingerprint density at radius 2 is 2.22 bits per heavy atom. The van der Waals surface area contributed by atoms with Crippen molar-refractivity contribution in [3.8, 4) is 5.75 Å². The van der Waals surface area contributed by atoms with Crippen molar-refractivity contribution in [1.82, 2.24) is 5.32 Å². The zero-order valence-electron chi connectivity index (χ0n) is 11.0. The van der Waals surface area contributed by atoms with Crippen molar-refractivity contribution < 1.29 is 9.53 Å². The molecule has 0 aromatic heterocycles. The average Bonchev–Trinajstić information content (AvgIpc) is 2.33. The molecule has 2 rings (SSSR count). The largest absolute Gasteiger partial charge is 0.496 e. The van der Waals surface area contributed by atoms with Crippen LogP contribution in [0.2, 0.25) is 0 Å². The molecule has 1 aromatic carbocycles. The number of amides is 1. The lowest BCUT2D eigenvalue weighted by Gasteiger charge is -2.38. The maximum atomic E-state index is 12.1. The van der Waals surface area contributed by atoms with Gasteiger partial charge in [0.1, 0.15) is 5.75 Å². The van der Waals surface area contributed by atoms with Crippen molar-refractivity contribution in [2.75, 3.05) is 19.4 Å². The fraction of sp³-hybridized carbons (Fsp3) is 0.500. The number of nitrogens with one attached hydrogen (secondary N) is 1. The van der Waals surface area contributed by atoms with Crippen LogP contribution in [0.15, 0.2) is 18.2 Å². The van der Waals surface area contributed by atoms with Crippen molar-refractivity contribution in [3.05, 3.63) is 23.8 Å². The number of hydrogen-bond acceptors (Lipinski definition) is 3. The normalized spacial score (nSPS) is 16.8. The van der Waals surface area contributed by atoms with Crippen LogP contribution in [0.3, 0.4) is 0 Å². The smallest absolute Gasteiger partial charge is 0.255 e. The maximum Gasteiger partial charge on any atom is 0.255 e. The molecule has 1 aliphatic rings. The van der Waals surface area contributed by atoms with E-state index in [0.717, 1.165) is 6.54 Å². The molecule has 0 bridgehead atoms. The number of anilines is 1. The zero-order valence-corrected chi connectivity index (χ0v) is 11.0. The summed E-state index contributed by atoms with van der Waals surface area (Å²) < 4.78 is 5.18. The lowest BCUT2D eigenvalue weighted by molar-refractivity contribution is 0.0888. The van der Waals surface area contributed by atoms with Gasteiger partial charge in [-0.1, -0.05) is 13.3 Å². The van der Waals surface area contributed by atoms with Gasteiger partial charge in [-0.15, -0.1) is 0 Å². The van der Waals surface area contributed by atoms with E-state index in [-0.39, 0.29) is 11.3 Å². The highest BCUT2D eigenvalue weighted by molar-refractivity contribution is 5.97. The summed E-state index contributed by atoms with van der Waals surface area (Å²) in [6, 6.07) is 5.08. The Kier molecular flexibility index (Phi) is 3.45. The molecule has 0 spiro atoms. The molecule has 4 heteroatoms. The van der Waals surface area contributed by atoms with E-state index < -0.39 is 0 Å². The van der Waals surface area contributed by atoms with Crippen LogP contribution in [0.25, 0.3) is 0 Å². The van der Waals surface area contributed by atoms with Gasteiger partial charge < -0.3 is 15.8 Å². The number of nitrogens with two attached hydrogens (primary N) is 1. The summed E-state index contributed by atoms with van der Waals surface area (Å²) in [5, 5.41) is 2.98. The summed E-state index contributed by atoms with van der Waals surface area (Å²) in [5.41, 5.74) is 7.07. The molecular formula is C14H20N2O2. The van der Waals surface area contributed by atoms with Crippen molar-refractivity contribution in [3.63, 3.8) is 0 Å². The second kappa shape index (κ2) is 4.88. The summed E-state index contributed by atoms with van der Waals surface area (Å²) in [7, 11) is 1.54. The predicted octanol–water partition coefficient (Wildman–Crippen LogP) is 2.20. The van der Waals surface area contributed by atoms with Crippen LogP contribution in [0, 0.1) is 5.41 Å². The molecule has 1 saturated carbocycles. The van der Waals surface area contributed by atoms with E-state index in [1.54, 1.807) is 25.3 Å². The third kappa shape index (κ3) is 2.58. The quantitative estimate of drug-likeness (QED) is 0.803. The highest BCUT2D eigenvalue weighted by Gasteiger charge is 2.32. The SMILES string of the molecule is COc1cc(N)ccc1C(=O)NCC1(C)CCC1. The molecule has 3 N–H and O–H groups in total. The third-order valence-electron chi connectivity index (χ3n) is 3.71. The molecule has 0 atom stereocenters. The van der Waals surface area contributed by atoms with Gasteiger partial charge in [-0.3, -0.25) is 4.79 Å². The molecule has 0 saturated heterocycles. The van der Waals surface area contributed by atoms with E-state index in [4.69, 9.17) is 10.5 Å². The molecule has 0 unspecified atom stereocenters. The Morgan fingerprint density at radius 3 is 2.78 bits per heavy atom. The first-order chi connectivity index (χ1) is 8.54. The van der Waals surface area contributed by atoms with Gasteiger partial charge in [-0.2, -0.15) is 0 Å². The van der Waals surface area contributed by atoms with E-state index in [1.165, 1.54) is 19.3 Å². The van der Waals surface area contributed by atoms with Crippen LogP contribution in [0.5, 0.6) is 5.75 Å². The molecule has 1 aliphatic carbocycles. The molecule has 0 heterocycles. The van der Waals surface area contributed by atoms with Crippen LogP contribution in [-0.2, 0) is 0 Å². The fourth-order valence-electron chi connectivity index (χ4n) is 2.24. The Hall–Kier alpha value is -1.71. The number of nitrogen functional groups attached to an aromatic ring is 1. The number of hydrogen-bond donors (Lipinski definition) is 2. The van der Waals surface area contributed by atoms with Crippen molar-refractivity contribution in [2.45, 2.75) is 26.2 Å². The highest BCUT2D eigenvalue weighted by Crippen LogP contribution is 2.39. The van der Waals surface area contributed by atoms with E-state index in [1.807, 2.05) is 0 Å². The number of methoxy groups -OCH3 is 1. The first kappa shape index (κ1) is 12.7. The Labute approximate surface area is 108 Å². The summed E-state index contributed by atoms with van der Waals surface area (Å²) in [6.45, 7) is 2.93. The van der Waals surface area contributed by atoms with Crippen molar-refractivity contribution in [1.29, 1.82) is 0 Å². The molecule has 0 aliphatic heterocycles. The molecule has 98 valence electrons. The lowest BCUT2D eigenvalue weighted by atomic mass is 9.70. The monoisotopic (exact) mass is 248 g/mol. The molecule has 1 aromatic rings. The topological polar surface area (TPSA) is 64.3 Å². The number of ether oxygens (including phenoxy) is 1. The average molecular weight is 248 g/mol. The highest BCUT2D eigenvalue weighted by atomic mass is 16.5. The minimum absolute atomic E-state index is 0.0972. The Morgan fingerprint density at radius 1 is 1.50 bits per heavy atom. The Balaban J connectivity index is 2.04. The first-order valence-electron chi connectivity index (χ1n) is 6.26. The second-order valence-electron chi connectivity index (χ2n) is 5.31. The van der Waals surface area contributed by atoms with Crippen molar-refractivity contribution in [2.24, 2.45) is 5.41 Å². The number of carbonyl (C=O) groups excluding carboxylic acids is 1. The van der Waals surface area contributed by atoms with Crippen molar-refractivity contribution >= 4 is 11.6 Å². The first-order valence-corrected chi connectivity index (χ1v) is 6.26. The summed E-state index contributed by atoms with van der Waals surface area (Å²) in [5.74, 6) is 0.422. The molecular weight excluding hydrogens is 228 g/mol. The van der Waals surface area contributed by atoms with Gasteiger partial charge in [0.2, 0.25) is 0 Å². The van der Waals surface area contributed by atoms with Gasteiger partial charge in [-0.05, 0) is 30.4 Å². The summed E-state index contributed by atoms with van der Waals surface area (Å²) >= 11 is 0. The zero-order chi connectivity index (χ0) is 13.2. The molecule has 0 radical (unpaired) electrons. The summed E-state index contributed by atoms with van der Waals surface area (Å²) in [6.07, 6.45) is 3.63. The maximum absolute atomic E-state index is 12.1. The standard InChI is InChI=1S/C14H20N2O2/c1-14(6-3-7-14)9-16-13(17)11-5-4-10(15)8-12(11)18-2/h4-5,8H,3,6-7,9,15H2,1-2H3,(H,16,17). The van der Waals surface area contributed by atoms with Gasteiger partial charge in [0.15, 0.2) is 0 Å². The van der Waals surface area contributed by atoms with Gasteiger partial charge in [0.25, 0.3) is 5.91 Å². The van der Waals surface area contributed by atoms with Crippen LogP contribution < -0.4 is 15.8 Å². The molecule has 1 fully saturated rings. The molecule has 4 nitrogen and oxygen atoms in total. The van der Waals surface area contributed by atoms with E-state index >= 15 is 0 Å².